The monoisotopic (exact) mass is 255 g/mol. The molecule has 0 aliphatic rings. The Hall–Kier alpha value is -1.55. The molecular weight excluding hydrogens is 242 g/mol. The van der Waals surface area contributed by atoms with E-state index < -0.39 is 6.10 Å². The number of hydrogen-bond acceptors (Lipinski definition) is 3. The van der Waals surface area contributed by atoms with Gasteiger partial charge in [0.1, 0.15) is 5.75 Å². The predicted molar refractivity (Wildman–Crippen MR) is 65.6 cm³/mol. The summed E-state index contributed by atoms with van der Waals surface area (Å²) in [7, 11) is 3.29. The summed E-state index contributed by atoms with van der Waals surface area (Å²) in [5.41, 5.74) is 0.330. The first-order chi connectivity index (χ1) is 7.95. The Morgan fingerprint density at radius 1 is 1.47 bits per heavy atom. The van der Waals surface area contributed by atoms with Crippen LogP contribution in [0, 0.1) is 0 Å². The van der Waals surface area contributed by atoms with E-state index in [9.17, 15) is 9.59 Å². The van der Waals surface area contributed by atoms with Gasteiger partial charge in [0.2, 0.25) is 0 Å². The predicted octanol–water partition coefficient (Wildman–Crippen LogP) is 2.01. The zero-order valence-electron chi connectivity index (χ0n) is 9.94. The molecule has 0 spiro atoms. The second kappa shape index (κ2) is 5.68. The maximum atomic E-state index is 11.6. The molecule has 5 heteroatoms. The number of amides is 1. The van der Waals surface area contributed by atoms with E-state index in [1.165, 1.54) is 11.0 Å². The molecule has 0 aliphatic heterocycles. The third kappa shape index (κ3) is 3.46. The van der Waals surface area contributed by atoms with E-state index in [2.05, 4.69) is 0 Å². The van der Waals surface area contributed by atoms with Gasteiger partial charge < -0.3 is 9.64 Å². The van der Waals surface area contributed by atoms with Crippen molar-refractivity contribution in [2.24, 2.45) is 0 Å². The van der Waals surface area contributed by atoms with Crippen LogP contribution in [0.5, 0.6) is 5.75 Å². The molecule has 0 bridgehead atoms. The first kappa shape index (κ1) is 13.5. The molecule has 4 nitrogen and oxygen atoms in total. The number of aldehydes is 1. The SMILES string of the molecule is CC(Oc1ccc(Cl)cc1C=O)C(=O)N(C)C. The lowest BCUT2D eigenvalue weighted by molar-refractivity contribution is -0.135. The molecule has 1 atom stereocenters. The Bertz CT molecular complexity index is 432. The molecule has 0 aromatic heterocycles. The maximum Gasteiger partial charge on any atom is 0.262 e. The number of carbonyl (C=O) groups is 2. The van der Waals surface area contributed by atoms with E-state index >= 15 is 0 Å². The van der Waals surface area contributed by atoms with E-state index in [0.717, 1.165) is 0 Å². The Morgan fingerprint density at radius 3 is 2.65 bits per heavy atom. The molecule has 0 saturated heterocycles. The number of likely N-dealkylation sites (N-methyl/N-ethyl adjacent to an activating group) is 1. The quantitative estimate of drug-likeness (QED) is 0.773. The standard InChI is InChI=1S/C12H14ClNO3/c1-8(12(16)14(2)3)17-11-5-4-10(13)6-9(11)7-15/h4-8H,1-3H3. The summed E-state index contributed by atoms with van der Waals surface area (Å²) in [6, 6.07) is 4.68. The zero-order chi connectivity index (χ0) is 13.0. The molecular formula is C12H14ClNO3. The molecule has 0 N–H and O–H groups in total. The number of hydrogen-bond donors (Lipinski definition) is 0. The molecule has 17 heavy (non-hydrogen) atoms. The molecule has 0 fully saturated rings. The van der Waals surface area contributed by atoms with E-state index in [1.807, 2.05) is 0 Å². The lowest BCUT2D eigenvalue weighted by atomic mass is 10.2. The third-order valence-corrected chi connectivity index (χ3v) is 2.43. The Balaban J connectivity index is 2.88. The van der Waals surface area contributed by atoms with Crippen LogP contribution in [0.3, 0.4) is 0 Å². The van der Waals surface area contributed by atoms with Crippen LogP contribution in [0.2, 0.25) is 5.02 Å². The van der Waals surface area contributed by atoms with Crippen LogP contribution in [0.25, 0.3) is 0 Å². The fraction of sp³-hybridized carbons (Fsp3) is 0.333. The number of nitrogens with zero attached hydrogens (tertiary/aromatic N) is 1. The van der Waals surface area contributed by atoms with Crippen LogP contribution in [0.4, 0.5) is 0 Å². The van der Waals surface area contributed by atoms with Gasteiger partial charge in [-0.3, -0.25) is 9.59 Å². The van der Waals surface area contributed by atoms with Crippen molar-refractivity contribution >= 4 is 23.8 Å². The summed E-state index contributed by atoms with van der Waals surface area (Å²) in [5.74, 6) is 0.184. The van der Waals surface area contributed by atoms with Crippen molar-refractivity contribution in [3.05, 3.63) is 28.8 Å². The fourth-order valence-corrected chi connectivity index (χ4v) is 1.50. The number of carbonyl (C=O) groups excluding carboxylic acids is 2. The molecule has 0 aliphatic carbocycles. The second-order valence-electron chi connectivity index (χ2n) is 3.79. The lowest BCUT2D eigenvalue weighted by Gasteiger charge is -2.19. The van der Waals surface area contributed by atoms with Gasteiger partial charge in [-0.2, -0.15) is 0 Å². The van der Waals surface area contributed by atoms with E-state index in [-0.39, 0.29) is 5.91 Å². The van der Waals surface area contributed by atoms with E-state index in [4.69, 9.17) is 16.3 Å². The van der Waals surface area contributed by atoms with Crippen molar-refractivity contribution in [2.45, 2.75) is 13.0 Å². The number of ether oxygens (including phenoxy) is 1. The number of rotatable bonds is 4. The molecule has 92 valence electrons. The van der Waals surface area contributed by atoms with Gasteiger partial charge in [0.25, 0.3) is 5.91 Å². The Kier molecular flexibility index (Phi) is 4.52. The summed E-state index contributed by atoms with van der Waals surface area (Å²) >= 11 is 5.76. The highest BCUT2D eigenvalue weighted by molar-refractivity contribution is 6.30. The van der Waals surface area contributed by atoms with Crippen molar-refractivity contribution in [1.29, 1.82) is 0 Å². The van der Waals surface area contributed by atoms with Gasteiger partial charge >= 0.3 is 0 Å². The van der Waals surface area contributed by atoms with Crippen LogP contribution in [-0.2, 0) is 4.79 Å². The van der Waals surface area contributed by atoms with Crippen molar-refractivity contribution in [1.82, 2.24) is 4.90 Å². The Labute approximate surface area is 105 Å². The van der Waals surface area contributed by atoms with Crippen molar-refractivity contribution < 1.29 is 14.3 Å². The summed E-state index contributed by atoms with van der Waals surface area (Å²) in [4.78, 5) is 23.9. The van der Waals surface area contributed by atoms with Gasteiger partial charge in [0.15, 0.2) is 12.4 Å². The fourth-order valence-electron chi connectivity index (χ4n) is 1.32. The van der Waals surface area contributed by atoms with Gasteiger partial charge in [-0.05, 0) is 25.1 Å². The molecule has 0 saturated carbocycles. The Morgan fingerprint density at radius 2 is 2.12 bits per heavy atom. The largest absolute Gasteiger partial charge is 0.480 e. The molecule has 1 amide bonds. The normalized spacial score (nSPS) is 11.8. The lowest BCUT2D eigenvalue weighted by Crippen LogP contribution is -2.35. The second-order valence-corrected chi connectivity index (χ2v) is 4.23. The van der Waals surface area contributed by atoms with Gasteiger partial charge in [0, 0.05) is 19.1 Å². The summed E-state index contributed by atoms with van der Waals surface area (Å²) in [6.45, 7) is 1.63. The van der Waals surface area contributed by atoms with Gasteiger partial charge in [-0.25, -0.2) is 0 Å². The maximum absolute atomic E-state index is 11.6. The number of halogens is 1. The van der Waals surface area contributed by atoms with Crippen molar-refractivity contribution in [2.75, 3.05) is 14.1 Å². The number of benzene rings is 1. The molecule has 1 aromatic carbocycles. The van der Waals surface area contributed by atoms with E-state index in [1.54, 1.807) is 33.2 Å². The zero-order valence-corrected chi connectivity index (χ0v) is 10.7. The summed E-state index contributed by atoms with van der Waals surface area (Å²) in [5, 5.41) is 0.450. The first-order valence-corrected chi connectivity index (χ1v) is 5.46. The highest BCUT2D eigenvalue weighted by Gasteiger charge is 2.17. The van der Waals surface area contributed by atoms with Gasteiger partial charge in [-0.1, -0.05) is 11.6 Å². The molecule has 1 unspecified atom stereocenters. The minimum absolute atomic E-state index is 0.170. The third-order valence-electron chi connectivity index (χ3n) is 2.19. The average Bonchev–Trinajstić information content (AvgIpc) is 2.30. The molecule has 1 rings (SSSR count). The van der Waals surface area contributed by atoms with Crippen LogP contribution in [0.15, 0.2) is 18.2 Å². The van der Waals surface area contributed by atoms with Crippen LogP contribution >= 0.6 is 11.6 Å². The topological polar surface area (TPSA) is 46.6 Å². The molecule has 0 heterocycles. The van der Waals surface area contributed by atoms with E-state index in [0.29, 0.717) is 22.6 Å². The van der Waals surface area contributed by atoms with Crippen molar-refractivity contribution in [3.8, 4) is 5.75 Å². The molecule has 1 aromatic rings. The highest BCUT2D eigenvalue weighted by atomic mass is 35.5. The summed E-state index contributed by atoms with van der Waals surface area (Å²) in [6.07, 6.45) is -0.00137. The van der Waals surface area contributed by atoms with Crippen LogP contribution in [-0.4, -0.2) is 37.3 Å². The highest BCUT2D eigenvalue weighted by Crippen LogP contribution is 2.22. The van der Waals surface area contributed by atoms with Crippen LogP contribution in [0.1, 0.15) is 17.3 Å². The molecule has 0 radical (unpaired) electrons. The van der Waals surface area contributed by atoms with Crippen LogP contribution < -0.4 is 4.74 Å². The van der Waals surface area contributed by atoms with Crippen molar-refractivity contribution in [3.63, 3.8) is 0 Å². The first-order valence-electron chi connectivity index (χ1n) is 5.08. The van der Waals surface area contributed by atoms with Gasteiger partial charge in [-0.15, -0.1) is 0 Å². The minimum Gasteiger partial charge on any atom is -0.480 e. The van der Waals surface area contributed by atoms with Gasteiger partial charge in [0.05, 0.1) is 5.56 Å². The smallest absolute Gasteiger partial charge is 0.262 e. The average molecular weight is 256 g/mol. The minimum atomic E-state index is -0.648. The summed E-state index contributed by atoms with van der Waals surface area (Å²) < 4.78 is 5.43.